The number of nitrogens with zero attached hydrogens (tertiary/aromatic N) is 5. The van der Waals surface area contributed by atoms with E-state index in [2.05, 4.69) is 46.6 Å². The molecule has 2 amide bonds. The van der Waals surface area contributed by atoms with E-state index in [4.69, 9.17) is 0 Å². The maximum absolute atomic E-state index is 13.7. The van der Waals surface area contributed by atoms with E-state index in [1.165, 1.54) is 11.0 Å². The number of carbonyl (C=O) groups excluding carboxylic acids is 1. The molecule has 2 N–H and O–H groups in total. The van der Waals surface area contributed by atoms with Gasteiger partial charge in [-0.1, -0.05) is 0 Å². The molecule has 1 atom stereocenters. The second-order valence-corrected chi connectivity index (χ2v) is 6.00. The topological polar surface area (TPSA) is 97.6 Å². The van der Waals surface area contributed by atoms with Crippen molar-refractivity contribution in [1.29, 1.82) is 0 Å². The van der Waals surface area contributed by atoms with Crippen LogP contribution in [0.15, 0.2) is 41.4 Å². The van der Waals surface area contributed by atoms with Gasteiger partial charge in [0.05, 0.1) is 16.2 Å². The summed E-state index contributed by atoms with van der Waals surface area (Å²) in [7, 11) is 0. The van der Waals surface area contributed by atoms with Crippen LogP contribution in [0.2, 0.25) is 0 Å². The summed E-state index contributed by atoms with van der Waals surface area (Å²) < 4.78 is 28.4. The molecule has 3 aromatic rings. The highest BCUT2D eigenvalue weighted by Crippen LogP contribution is 2.23. The van der Waals surface area contributed by atoms with Crippen LogP contribution in [0.25, 0.3) is 5.95 Å². The van der Waals surface area contributed by atoms with Crippen molar-refractivity contribution >= 4 is 27.6 Å². The van der Waals surface area contributed by atoms with Gasteiger partial charge in [0.1, 0.15) is 18.0 Å². The predicted molar refractivity (Wildman–Crippen MR) is 91.6 cm³/mol. The van der Waals surface area contributed by atoms with Crippen LogP contribution >= 0.6 is 15.9 Å². The molecule has 2 aromatic heterocycles. The SMILES string of the molecule is C[C@H](NC(=O)Nc1cc(Br)c(F)cc1F)c1ncnn1-c1ncccn1. The van der Waals surface area contributed by atoms with Crippen LogP contribution in [0.4, 0.5) is 19.3 Å². The van der Waals surface area contributed by atoms with Crippen molar-refractivity contribution < 1.29 is 13.6 Å². The number of urea groups is 1. The molecule has 1 aromatic carbocycles. The Bertz CT molecular complexity index is 935. The minimum absolute atomic E-state index is 0.0308. The van der Waals surface area contributed by atoms with E-state index in [1.807, 2.05) is 0 Å². The van der Waals surface area contributed by atoms with Crippen molar-refractivity contribution in [3.63, 3.8) is 0 Å². The quantitative estimate of drug-likeness (QED) is 0.628. The molecule has 2 heterocycles. The molecule has 0 aliphatic carbocycles. The van der Waals surface area contributed by atoms with Crippen molar-refractivity contribution in [2.75, 3.05) is 5.32 Å². The van der Waals surface area contributed by atoms with E-state index in [0.717, 1.165) is 6.07 Å². The maximum atomic E-state index is 13.7. The van der Waals surface area contributed by atoms with Gasteiger partial charge < -0.3 is 10.6 Å². The van der Waals surface area contributed by atoms with Gasteiger partial charge in [-0.15, -0.1) is 0 Å². The van der Waals surface area contributed by atoms with Gasteiger partial charge in [-0.3, -0.25) is 0 Å². The lowest BCUT2D eigenvalue weighted by Gasteiger charge is -2.15. The van der Waals surface area contributed by atoms with E-state index >= 15 is 0 Å². The Morgan fingerprint density at radius 3 is 2.65 bits per heavy atom. The Hall–Kier alpha value is -2.95. The molecular formula is C15H12BrF2N7O. The smallest absolute Gasteiger partial charge is 0.319 e. The van der Waals surface area contributed by atoms with E-state index in [1.54, 1.807) is 25.4 Å². The first kappa shape index (κ1) is 17.9. The summed E-state index contributed by atoms with van der Waals surface area (Å²) in [6, 6.07) is 2.18. The number of nitrogens with one attached hydrogen (secondary N) is 2. The Morgan fingerprint density at radius 2 is 1.92 bits per heavy atom. The third-order valence-electron chi connectivity index (χ3n) is 3.31. The Labute approximate surface area is 154 Å². The lowest BCUT2D eigenvalue weighted by molar-refractivity contribution is 0.248. The molecule has 0 aliphatic heterocycles. The second-order valence-electron chi connectivity index (χ2n) is 5.15. The molecule has 3 rings (SSSR count). The first-order chi connectivity index (χ1) is 12.5. The van der Waals surface area contributed by atoms with Crippen molar-refractivity contribution in [1.82, 2.24) is 30.0 Å². The number of benzene rings is 1. The normalized spacial score (nSPS) is 11.8. The number of hydrogen-bond donors (Lipinski definition) is 2. The van der Waals surface area contributed by atoms with Gasteiger partial charge in [0, 0.05) is 18.5 Å². The summed E-state index contributed by atoms with van der Waals surface area (Å²) in [5, 5.41) is 8.95. The fourth-order valence-corrected chi connectivity index (χ4v) is 2.48. The molecule has 11 heteroatoms. The highest BCUT2D eigenvalue weighted by atomic mass is 79.9. The van der Waals surface area contributed by atoms with Gasteiger partial charge in [0.25, 0.3) is 5.95 Å². The first-order valence-corrected chi connectivity index (χ1v) is 8.14. The first-order valence-electron chi connectivity index (χ1n) is 7.35. The molecule has 8 nitrogen and oxygen atoms in total. The fraction of sp³-hybridized carbons (Fsp3) is 0.133. The van der Waals surface area contributed by atoms with E-state index in [0.29, 0.717) is 17.8 Å². The highest BCUT2D eigenvalue weighted by molar-refractivity contribution is 9.10. The van der Waals surface area contributed by atoms with Gasteiger partial charge in [-0.2, -0.15) is 9.78 Å². The largest absolute Gasteiger partial charge is 0.328 e. The van der Waals surface area contributed by atoms with Crippen LogP contribution in [0.1, 0.15) is 18.8 Å². The van der Waals surface area contributed by atoms with Crippen molar-refractivity contribution in [3.05, 3.63) is 58.9 Å². The molecule has 0 radical (unpaired) electrons. The number of hydrogen-bond acceptors (Lipinski definition) is 5. The summed E-state index contributed by atoms with van der Waals surface area (Å²) in [5.74, 6) is -0.984. The maximum Gasteiger partial charge on any atom is 0.319 e. The molecule has 0 saturated carbocycles. The lowest BCUT2D eigenvalue weighted by atomic mass is 10.3. The van der Waals surface area contributed by atoms with Crippen molar-refractivity contribution in [2.24, 2.45) is 0 Å². The van der Waals surface area contributed by atoms with Crippen molar-refractivity contribution in [3.8, 4) is 5.95 Å². The van der Waals surface area contributed by atoms with Crippen molar-refractivity contribution in [2.45, 2.75) is 13.0 Å². The molecule has 134 valence electrons. The summed E-state index contributed by atoms with van der Waals surface area (Å²) in [6.07, 6.45) is 4.40. The fourth-order valence-electron chi connectivity index (χ4n) is 2.14. The Balaban J connectivity index is 1.73. The van der Waals surface area contributed by atoms with Crippen LogP contribution < -0.4 is 10.6 Å². The monoisotopic (exact) mass is 423 g/mol. The summed E-state index contributed by atoms with van der Waals surface area (Å²) in [4.78, 5) is 24.4. The van der Waals surface area contributed by atoms with Gasteiger partial charge in [0.15, 0.2) is 5.82 Å². The molecule has 0 unspecified atom stereocenters. The van der Waals surface area contributed by atoms with Crippen LogP contribution in [-0.4, -0.2) is 30.8 Å². The molecular weight excluding hydrogens is 412 g/mol. The number of halogens is 3. The second kappa shape index (κ2) is 7.52. The van der Waals surface area contributed by atoms with E-state index < -0.39 is 23.7 Å². The zero-order chi connectivity index (χ0) is 18.7. The third-order valence-corrected chi connectivity index (χ3v) is 3.92. The average molecular weight is 424 g/mol. The van der Waals surface area contributed by atoms with E-state index in [9.17, 15) is 13.6 Å². The average Bonchev–Trinajstić information content (AvgIpc) is 3.10. The predicted octanol–water partition coefficient (Wildman–Crippen LogP) is 2.98. The minimum Gasteiger partial charge on any atom is -0.328 e. The van der Waals surface area contributed by atoms with Crippen LogP contribution in [0.5, 0.6) is 0 Å². The molecule has 0 saturated heterocycles. The number of aromatic nitrogens is 5. The van der Waals surface area contributed by atoms with Gasteiger partial charge in [-0.25, -0.2) is 28.5 Å². The Morgan fingerprint density at radius 1 is 1.19 bits per heavy atom. The Kier molecular flexibility index (Phi) is 5.16. The summed E-state index contributed by atoms with van der Waals surface area (Å²) >= 11 is 2.94. The van der Waals surface area contributed by atoms with Gasteiger partial charge in [-0.05, 0) is 35.0 Å². The highest BCUT2D eigenvalue weighted by Gasteiger charge is 2.19. The number of rotatable bonds is 4. The number of carbonyl (C=O) groups is 1. The molecule has 0 bridgehead atoms. The zero-order valence-electron chi connectivity index (χ0n) is 13.3. The molecule has 0 aliphatic rings. The number of amides is 2. The summed E-state index contributed by atoms with van der Waals surface area (Å²) in [6.45, 7) is 1.67. The molecule has 0 spiro atoms. The minimum atomic E-state index is -0.894. The zero-order valence-corrected chi connectivity index (χ0v) is 14.9. The van der Waals surface area contributed by atoms with Crippen LogP contribution in [0, 0.1) is 11.6 Å². The van der Waals surface area contributed by atoms with Crippen LogP contribution in [0.3, 0.4) is 0 Å². The van der Waals surface area contributed by atoms with Gasteiger partial charge >= 0.3 is 6.03 Å². The molecule has 26 heavy (non-hydrogen) atoms. The van der Waals surface area contributed by atoms with Gasteiger partial charge in [0.2, 0.25) is 0 Å². The lowest BCUT2D eigenvalue weighted by Crippen LogP contribution is -2.33. The number of anilines is 1. The van der Waals surface area contributed by atoms with Crippen LogP contribution in [-0.2, 0) is 0 Å². The third kappa shape index (κ3) is 3.82. The van der Waals surface area contributed by atoms with E-state index in [-0.39, 0.29) is 10.2 Å². The molecule has 0 fully saturated rings. The summed E-state index contributed by atoms with van der Waals surface area (Å²) in [5.41, 5.74) is -0.171. The standard InChI is InChI=1S/C15H12BrF2N7O/c1-8(13-21-7-22-25(13)14-19-3-2-4-20-14)23-15(26)24-12-5-9(16)10(17)6-11(12)18/h2-8H,1H3,(H2,23,24,26)/t8-/m0/s1.